The van der Waals surface area contributed by atoms with Crippen LogP contribution in [-0.2, 0) is 0 Å². The van der Waals surface area contributed by atoms with Crippen LogP contribution in [0.3, 0.4) is 0 Å². The third-order valence-electron chi connectivity index (χ3n) is 3.24. The second kappa shape index (κ2) is 5.00. The minimum Gasteiger partial charge on any atom is -0.293 e. The summed E-state index contributed by atoms with van der Waals surface area (Å²) in [5.74, 6) is 0.101. The van der Waals surface area contributed by atoms with Gasteiger partial charge in [-0.05, 0) is 43.0 Å². The van der Waals surface area contributed by atoms with Crippen molar-refractivity contribution in [2.45, 2.75) is 30.9 Å². The molecule has 2 rings (SSSR count). The molecule has 86 valence electrons. The minimum atomic E-state index is -0.312. The van der Waals surface area contributed by atoms with E-state index in [2.05, 4.69) is 12.6 Å². The van der Waals surface area contributed by atoms with Crippen LogP contribution in [-0.4, -0.2) is 11.0 Å². The Labute approximate surface area is 100 Å². The van der Waals surface area contributed by atoms with Gasteiger partial charge in [-0.3, -0.25) is 4.79 Å². The third-order valence-corrected chi connectivity index (χ3v) is 3.90. The van der Waals surface area contributed by atoms with Crippen molar-refractivity contribution in [3.8, 4) is 0 Å². The van der Waals surface area contributed by atoms with Crippen LogP contribution in [0.2, 0.25) is 0 Å². The van der Waals surface area contributed by atoms with E-state index in [1.54, 1.807) is 0 Å². The number of carbonyl (C=O) groups is 1. The molecule has 1 nitrogen and oxygen atoms in total. The lowest BCUT2D eigenvalue weighted by molar-refractivity contribution is 0.0971. The Morgan fingerprint density at radius 2 is 1.81 bits per heavy atom. The van der Waals surface area contributed by atoms with E-state index < -0.39 is 0 Å². The average molecular weight is 238 g/mol. The fraction of sp³-hybridized carbons (Fsp3) is 0.462. The van der Waals surface area contributed by atoms with Gasteiger partial charge in [-0.25, -0.2) is 4.39 Å². The maximum absolute atomic E-state index is 12.7. The topological polar surface area (TPSA) is 17.1 Å². The van der Waals surface area contributed by atoms with Gasteiger partial charge in [0.2, 0.25) is 0 Å². The molecule has 1 aliphatic carbocycles. The molecule has 1 aromatic carbocycles. The van der Waals surface area contributed by atoms with Crippen LogP contribution in [0, 0.1) is 11.7 Å². The first-order valence-electron chi connectivity index (χ1n) is 5.66. The standard InChI is InChI=1S/C13H15FOS/c14-11-7-5-9(6-8-11)12(15)13(16)10-3-1-2-4-10/h5-8,10,13,16H,1-4H2. The highest BCUT2D eigenvalue weighted by atomic mass is 32.1. The number of halogens is 1. The van der Waals surface area contributed by atoms with E-state index in [1.807, 2.05) is 0 Å². The molecular formula is C13H15FOS. The molecule has 16 heavy (non-hydrogen) atoms. The van der Waals surface area contributed by atoms with Crippen LogP contribution in [0.5, 0.6) is 0 Å². The van der Waals surface area contributed by atoms with Gasteiger partial charge in [-0.1, -0.05) is 12.8 Å². The third kappa shape index (κ3) is 2.46. The van der Waals surface area contributed by atoms with E-state index in [0.29, 0.717) is 11.5 Å². The van der Waals surface area contributed by atoms with E-state index in [1.165, 1.54) is 37.1 Å². The zero-order valence-corrected chi connectivity index (χ0v) is 9.92. The molecule has 0 aromatic heterocycles. The summed E-state index contributed by atoms with van der Waals surface area (Å²) in [6.07, 6.45) is 4.55. The van der Waals surface area contributed by atoms with E-state index in [0.717, 1.165) is 12.8 Å². The van der Waals surface area contributed by atoms with Gasteiger partial charge >= 0.3 is 0 Å². The predicted octanol–water partition coefficient (Wildman–Crippen LogP) is 3.50. The van der Waals surface area contributed by atoms with Crippen molar-refractivity contribution >= 4 is 18.4 Å². The van der Waals surface area contributed by atoms with Gasteiger partial charge in [0.15, 0.2) is 5.78 Å². The molecule has 1 saturated carbocycles. The summed E-state index contributed by atoms with van der Waals surface area (Å²) in [6, 6.07) is 5.72. The molecule has 1 aromatic rings. The quantitative estimate of drug-likeness (QED) is 0.630. The van der Waals surface area contributed by atoms with Crippen molar-refractivity contribution in [1.29, 1.82) is 0 Å². The Hall–Kier alpha value is -0.830. The monoisotopic (exact) mass is 238 g/mol. The zero-order valence-electron chi connectivity index (χ0n) is 9.03. The molecule has 0 heterocycles. The lowest BCUT2D eigenvalue weighted by Crippen LogP contribution is -2.22. The van der Waals surface area contributed by atoms with Crippen molar-refractivity contribution in [3.05, 3.63) is 35.6 Å². The van der Waals surface area contributed by atoms with Crippen LogP contribution in [0.4, 0.5) is 4.39 Å². The Balaban J connectivity index is 2.08. The highest BCUT2D eigenvalue weighted by Gasteiger charge is 2.28. The van der Waals surface area contributed by atoms with Crippen LogP contribution < -0.4 is 0 Å². The van der Waals surface area contributed by atoms with Crippen molar-refractivity contribution in [2.24, 2.45) is 5.92 Å². The molecule has 1 atom stereocenters. The summed E-state index contributed by atoms with van der Waals surface area (Å²) < 4.78 is 12.7. The fourth-order valence-corrected chi connectivity index (χ4v) is 2.72. The van der Waals surface area contributed by atoms with E-state index in [-0.39, 0.29) is 16.9 Å². The number of thiol groups is 1. The van der Waals surface area contributed by atoms with Gasteiger partial charge in [0.05, 0.1) is 5.25 Å². The zero-order chi connectivity index (χ0) is 11.5. The number of hydrogen-bond acceptors (Lipinski definition) is 2. The van der Waals surface area contributed by atoms with Gasteiger partial charge in [0.1, 0.15) is 5.82 Å². The molecule has 0 bridgehead atoms. The van der Waals surface area contributed by atoms with Crippen LogP contribution in [0.15, 0.2) is 24.3 Å². The second-order valence-corrected chi connectivity index (χ2v) is 4.92. The smallest absolute Gasteiger partial charge is 0.175 e. The Bertz CT molecular complexity index is 368. The highest BCUT2D eigenvalue weighted by molar-refractivity contribution is 7.81. The van der Waals surface area contributed by atoms with Gasteiger partial charge in [-0.15, -0.1) is 0 Å². The first-order valence-corrected chi connectivity index (χ1v) is 6.18. The van der Waals surface area contributed by atoms with Crippen molar-refractivity contribution in [1.82, 2.24) is 0 Å². The maximum Gasteiger partial charge on any atom is 0.175 e. The number of benzene rings is 1. The lowest BCUT2D eigenvalue weighted by atomic mass is 9.96. The SMILES string of the molecule is O=C(c1ccc(F)cc1)C(S)C1CCCC1. The molecule has 0 saturated heterocycles. The normalized spacial score (nSPS) is 18.6. The Morgan fingerprint density at radius 3 is 2.38 bits per heavy atom. The lowest BCUT2D eigenvalue weighted by Gasteiger charge is -2.16. The van der Waals surface area contributed by atoms with Crippen molar-refractivity contribution in [3.63, 3.8) is 0 Å². The molecule has 1 unspecified atom stereocenters. The molecule has 0 radical (unpaired) electrons. The molecule has 0 amide bonds. The van der Waals surface area contributed by atoms with E-state index in [4.69, 9.17) is 0 Å². The summed E-state index contributed by atoms with van der Waals surface area (Å²) in [7, 11) is 0. The molecule has 0 aliphatic heterocycles. The van der Waals surface area contributed by atoms with E-state index >= 15 is 0 Å². The van der Waals surface area contributed by atoms with Gasteiger partial charge in [-0.2, -0.15) is 12.6 Å². The summed E-state index contributed by atoms with van der Waals surface area (Å²) in [5, 5.41) is -0.229. The largest absolute Gasteiger partial charge is 0.293 e. The number of rotatable bonds is 3. The van der Waals surface area contributed by atoms with Crippen LogP contribution >= 0.6 is 12.6 Å². The predicted molar refractivity (Wildman–Crippen MR) is 65.5 cm³/mol. The van der Waals surface area contributed by atoms with Gasteiger partial charge < -0.3 is 0 Å². The second-order valence-electron chi connectivity index (χ2n) is 4.36. The molecule has 0 spiro atoms. The molecule has 1 aliphatic rings. The van der Waals surface area contributed by atoms with Crippen molar-refractivity contribution in [2.75, 3.05) is 0 Å². The fourth-order valence-electron chi connectivity index (χ4n) is 2.27. The first-order chi connectivity index (χ1) is 7.68. The number of ketones is 1. The Morgan fingerprint density at radius 1 is 1.25 bits per heavy atom. The molecule has 1 fully saturated rings. The van der Waals surface area contributed by atoms with Crippen LogP contribution in [0.25, 0.3) is 0 Å². The number of carbonyl (C=O) groups excluding carboxylic acids is 1. The first kappa shape index (κ1) is 11.6. The van der Waals surface area contributed by atoms with E-state index in [9.17, 15) is 9.18 Å². The summed E-state index contributed by atoms with van der Waals surface area (Å²) in [4.78, 5) is 12.0. The molecular weight excluding hydrogens is 223 g/mol. The molecule has 3 heteroatoms. The minimum absolute atomic E-state index is 0.0234. The Kier molecular flexibility index (Phi) is 3.64. The van der Waals surface area contributed by atoms with Crippen LogP contribution in [0.1, 0.15) is 36.0 Å². The maximum atomic E-state index is 12.7. The summed E-state index contributed by atoms with van der Waals surface area (Å²) in [5.41, 5.74) is 0.563. The summed E-state index contributed by atoms with van der Waals surface area (Å²) >= 11 is 4.41. The highest BCUT2D eigenvalue weighted by Crippen LogP contribution is 2.31. The number of Topliss-reactive ketones (excluding diaryl/α,β-unsaturated/α-hetero) is 1. The van der Waals surface area contributed by atoms with Gasteiger partial charge in [0.25, 0.3) is 0 Å². The number of hydrogen-bond donors (Lipinski definition) is 1. The average Bonchev–Trinajstić information content (AvgIpc) is 2.81. The van der Waals surface area contributed by atoms with Crippen molar-refractivity contribution < 1.29 is 9.18 Å². The summed E-state index contributed by atoms with van der Waals surface area (Å²) in [6.45, 7) is 0. The molecule has 0 N–H and O–H groups in total. The van der Waals surface area contributed by atoms with Gasteiger partial charge in [0, 0.05) is 5.56 Å².